The molecular formula is C15H11BrCl2O2. The van der Waals surface area contributed by atoms with Crippen LogP contribution in [-0.2, 0) is 6.61 Å². The third kappa shape index (κ3) is 3.35. The molecule has 0 saturated heterocycles. The molecule has 0 radical (unpaired) electrons. The second kappa shape index (κ2) is 6.61. The Morgan fingerprint density at radius 1 is 1.30 bits per heavy atom. The molecule has 0 aromatic heterocycles. The number of aryl methyl sites for hydroxylation is 1. The molecular weight excluding hydrogens is 363 g/mol. The fraction of sp³-hybridized carbons (Fsp3) is 0.133. The number of benzene rings is 2. The van der Waals surface area contributed by atoms with Gasteiger partial charge in [0.05, 0.1) is 15.6 Å². The van der Waals surface area contributed by atoms with E-state index in [1.54, 1.807) is 12.1 Å². The smallest absolute Gasteiger partial charge is 0.153 e. The molecule has 0 unspecified atom stereocenters. The molecule has 0 saturated carbocycles. The molecule has 20 heavy (non-hydrogen) atoms. The van der Waals surface area contributed by atoms with Gasteiger partial charge in [-0.1, -0.05) is 51.3 Å². The highest BCUT2D eigenvalue weighted by molar-refractivity contribution is 9.10. The van der Waals surface area contributed by atoms with E-state index in [1.807, 2.05) is 25.1 Å². The molecule has 0 atom stereocenters. The fourth-order valence-corrected chi connectivity index (χ4v) is 2.82. The minimum atomic E-state index is 0.253. The van der Waals surface area contributed by atoms with Crippen LogP contribution in [0, 0.1) is 6.92 Å². The minimum absolute atomic E-state index is 0.253. The average Bonchev–Trinajstić information content (AvgIpc) is 2.41. The highest BCUT2D eigenvalue weighted by Gasteiger charge is 2.10. The molecule has 104 valence electrons. The predicted octanol–water partition coefficient (Wildman–Crippen LogP) is 5.46. The highest BCUT2D eigenvalue weighted by Crippen LogP contribution is 2.30. The summed E-state index contributed by atoms with van der Waals surface area (Å²) in [5, 5.41) is 0.951. The monoisotopic (exact) mass is 372 g/mol. The summed E-state index contributed by atoms with van der Waals surface area (Å²) in [5.41, 5.74) is 2.15. The molecule has 0 aliphatic heterocycles. The lowest BCUT2D eigenvalue weighted by atomic mass is 10.1. The van der Waals surface area contributed by atoms with Crippen molar-refractivity contribution in [2.24, 2.45) is 0 Å². The first-order chi connectivity index (χ1) is 9.52. The van der Waals surface area contributed by atoms with Crippen molar-refractivity contribution < 1.29 is 9.53 Å². The molecule has 0 fully saturated rings. The van der Waals surface area contributed by atoms with Gasteiger partial charge in [-0.3, -0.25) is 4.79 Å². The Morgan fingerprint density at radius 2 is 2.05 bits per heavy atom. The zero-order valence-corrected chi connectivity index (χ0v) is 13.7. The fourth-order valence-electron chi connectivity index (χ4n) is 1.85. The van der Waals surface area contributed by atoms with Crippen LogP contribution in [0.15, 0.2) is 34.8 Å². The summed E-state index contributed by atoms with van der Waals surface area (Å²) in [6.45, 7) is 2.13. The van der Waals surface area contributed by atoms with Crippen LogP contribution in [0.5, 0.6) is 5.75 Å². The molecule has 5 heteroatoms. The zero-order valence-electron chi connectivity index (χ0n) is 10.6. The molecule has 0 aliphatic rings. The number of ether oxygens (including phenoxy) is 1. The van der Waals surface area contributed by atoms with Crippen molar-refractivity contribution in [3.05, 3.63) is 61.5 Å². The van der Waals surface area contributed by atoms with Crippen LogP contribution in [0.1, 0.15) is 21.5 Å². The van der Waals surface area contributed by atoms with Crippen LogP contribution in [0.4, 0.5) is 0 Å². The first-order valence-electron chi connectivity index (χ1n) is 5.84. The SMILES string of the molecule is Cc1cc(Br)cc(C=O)c1OCc1cccc(Cl)c1Cl. The van der Waals surface area contributed by atoms with Gasteiger partial charge in [0.15, 0.2) is 6.29 Å². The molecule has 0 heterocycles. The number of carbonyl (C=O) groups is 1. The molecule has 2 aromatic carbocycles. The number of rotatable bonds is 4. The average molecular weight is 374 g/mol. The summed E-state index contributed by atoms with van der Waals surface area (Å²) in [5.74, 6) is 0.555. The van der Waals surface area contributed by atoms with Gasteiger partial charge in [-0.2, -0.15) is 0 Å². The van der Waals surface area contributed by atoms with Crippen molar-refractivity contribution in [2.75, 3.05) is 0 Å². The zero-order chi connectivity index (χ0) is 14.7. The summed E-state index contributed by atoms with van der Waals surface area (Å²) in [6, 6.07) is 8.97. The Kier molecular flexibility index (Phi) is 5.08. The third-order valence-electron chi connectivity index (χ3n) is 2.80. The van der Waals surface area contributed by atoms with Crippen molar-refractivity contribution in [2.45, 2.75) is 13.5 Å². The van der Waals surface area contributed by atoms with E-state index in [0.717, 1.165) is 21.9 Å². The van der Waals surface area contributed by atoms with Crippen LogP contribution >= 0.6 is 39.1 Å². The largest absolute Gasteiger partial charge is 0.488 e. The minimum Gasteiger partial charge on any atom is -0.488 e. The summed E-state index contributed by atoms with van der Waals surface area (Å²) in [7, 11) is 0. The second-order valence-electron chi connectivity index (χ2n) is 4.26. The Bertz CT molecular complexity index is 657. The van der Waals surface area contributed by atoms with E-state index < -0.39 is 0 Å². The van der Waals surface area contributed by atoms with Crippen LogP contribution in [0.25, 0.3) is 0 Å². The van der Waals surface area contributed by atoms with E-state index in [4.69, 9.17) is 27.9 Å². The van der Waals surface area contributed by atoms with Gasteiger partial charge in [0, 0.05) is 10.0 Å². The Labute approximate surface area is 135 Å². The van der Waals surface area contributed by atoms with E-state index in [-0.39, 0.29) is 6.61 Å². The number of hydrogen-bond acceptors (Lipinski definition) is 2. The van der Waals surface area contributed by atoms with Gasteiger partial charge < -0.3 is 4.74 Å². The number of aldehydes is 1. The lowest BCUT2D eigenvalue weighted by Gasteiger charge is -2.13. The van der Waals surface area contributed by atoms with Gasteiger partial charge in [0.25, 0.3) is 0 Å². The van der Waals surface area contributed by atoms with Crippen LogP contribution in [-0.4, -0.2) is 6.29 Å². The number of carbonyl (C=O) groups excluding carboxylic acids is 1. The summed E-state index contributed by atoms with van der Waals surface area (Å²) in [6.07, 6.45) is 0.771. The molecule has 0 N–H and O–H groups in total. The quantitative estimate of drug-likeness (QED) is 0.665. The van der Waals surface area contributed by atoms with Crippen molar-refractivity contribution in [3.8, 4) is 5.75 Å². The first-order valence-corrected chi connectivity index (χ1v) is 7.39. The summed E-state index contributed by atoms with van der Waals surface area (Å²) < 4.78 is 6.58. The van der Waals surface area contributed by atoms with Crippen LogP contribution in [0.2, 0.25) is 10.0 Å². The lowest BCUT2D eigenvalue weighted by molar-refractivity contribution is 0.111. The molecule has 0 bridgehead atoms. The Balaban J connectivity index is 2.27. The Morgan fingerprint density at radius 3 is 2.75 bits per heavy atom. The normalized spacial score (nSPS) is 10.4. The van der Waals surface area contributed by atoms with Gasteiger partial charge in [0.1, 0.15) is 12.4 Å². The highest BCUT2D eigenvalue weighted by atomic mass is 79.9. The van der Waals surface area contributed by atoms with Gasteiger partial charge >= 0.3 is 0 Å². The third-order valence-corrected chi connectivity index (χ3v) is 4.11. The lowest BCUT2D eigenvalue weighted by Crippen LogP contribution is -2.01. The van der Waals surface area contributed by atoms with Crippen molar-refractivity contribution in [1.29, 1.82) is 0 Å². The molecule has 2 aromatic rings. The summed E-state index contributed by atoms with van der Waals surface area (Å²) >= 11 is 15.4. The molecule has 0 aliphatic carbocycles. The van der Waals surface area contributed by atoms with Crippen LogP contribution in [0.3, 0.4) is 0 Å². The van der Waals surface area contributed by atoms with Crippen LogP contribution < -0.4 is 4.74 Å². The molecule has 2 nitrogen and oxygen atoms in total. The second-order valence-corrected chi connectivity index (χ2v) is 5.96. The maximum Gasteiger partial charge on any atom is 0.153 e. The maximum atomic E-state index is 11.1. The van der Waals surface area contributed by atoms with Crippen molar-refractivity contribution in [1.82, 2.24) is 0 Å². The molecule has 0 spiro atoms. The van der Waals surface area contributed by atoms with E-state index in [9.17, 15) is 4.79 Å². The van der Waals surface area contributed by atoms with Crippen molar-refractivity contribution in [3.63, 3.8) is 0 Å². The molecule has 2 rings (SSSR count). The van der Waals surface area contributed by atoms with E-state index in [1.165, 1.54) is 0 Å². The van der Waals surface area contributed by atoms with E-state index >= 15 is 0 Å². The van der Waals surface area contributed by atoms with Gasteiger partial charge in [-0.15, -0.1) is 0 Å². The van der Waals surface area contributed by atoms with Gasteiger partial charge in [-0.25, -0.2) is 0 Å². The number of hydrogen-bond donors (Lipinski definition) is 0. The first kappa shape index (κ1) is 15.4. The van der Waals surface area contributed by atoms with E-state index in [0.29, 0.717) is 21.4 Å². The number of halogens is 3. The van der Waals surface area contributed by atoms with E-state index in [2.05, 4.69) is 15.9 Å². The van der Waals surface area contributed by atoms with Gasteiger partial charge in [0.2, 0.25) is 0 Å². The molecule has 0 amide bonds. The van der Waals surface area contributed by atoms with Gasteiger partial charge in [-0.05, 0) is 30.7 Å². The topological polar surface area (TPSA) is 26.3 Å². The standard InChI is InChI=1S/C15H11BrCl2O2/c1-9-5-12(16)6-11(7-19)15(9)20-8-10-3-2-4-13(17)14(10)18/h2-7H,8H2,1H3. The van der Waals surface area contributed by atoms with Crippen molar-refractivity contribution >= 4 is 45.4 Å². The maximum absolute atomic E-state index is 11.1. The predicted molar refractivity (Wildman–Crippen MR) is 85.1 cm³/mol. The Hall–Kier alpha value is -1.03. The summed E-state index contributed by atoms with van der Waals surface area (Å²) in [4.78, 5) is 11.1.